The fourth-order valence-corrected chi connectivity index (χ4v) is 5.06. The number of piperidine rings is 1. The molecule has 2 aliphatic heterocycles. The van der Waals surface area contributed by atoms with E-state index in [0.29, 0.717) is 17.5 Å². The van der Waals surface area contributed by atoms with Crippen LogP contribution >= 0.6 is 7.75 Å². The lowest BCUT2D eigenvalue weighted by Gasteiger charge is -2.56. The van der Waals surface area contributed by atoms with Crippen molar-refractivity contribution in [2.24, 2.45) is 0 Å². The predicted octanol–water partition coefficient (Wildman–Crippen LogP) is 1.96. The van der Waals surface area contributed by atoms with Crippen molar-refractivity contribution in [2.75, 3.05) is 21.3 Å². The van der Waals surface area contributed by atoms with Crippen LogP contribution in [0.4, 0.5) is 4.79 Å². The second kappa shape index (κ2) is 5.28. The highest BCUT2D eigenvalue weighted by atomic mass is 31.2. The molecule has 0 aromatic carbocycles. The molecule has 2 rings (SSSR count). The third-order valence-electron chi connectivity index (χ3n) is 5.13. The van der Waals surface area contributed by atoms with Crippen LogP contribution in [-0.2, 0) is 18.4 Å². The lowest BCUT2D eigenvalue weighted by atomic mass is 9.69. The summed E-state index contributed by atoms with van der Waals surface area (Å²) in [7, 11) is 0.329. The van der Waals surface area contributed by atoms with Crippen molar-refractivity contribution in [3.63, 3.8) is 0 Å². The molecule has 1 N–H and O–H groups in total. The molecule has 9 heteroatoms. The molecule has 0 atom stereocenters. The number of carbonyl (C=O) groups excluding carboxylic acids is 2. The van der Waals surface area contributed by atoms with Gasteiger partial charge in [0.25, 0.3) is 5.91 Å². The number of likely N-dealkylation sites (tertiary alicyclic amines) is 1. The van der Waals surface area contributed by atoms with Gasteiger partial charge < -0.3 is 5.32 Å². The van der Waals surface area contributed by atoms with Gasteiger partial charge in [-0.3, -0.25) is 18.7 Å². The zero-order valence-corrected chi connectivity index (χ0v) is 15.7. The summed E-state index contributed by atoms with van der Waals surface area (Å²) in [4.78, 5) is 27.6. The Morgan fingerprint density at radius 3 is 1.87 bits per heavy atom. The molecule has 0 unspecified atom stereocenters. The van der Waals surface area contributed by atoms with Gasteiger partial charge in [-0.15, -0.1) is 0 Å². The number of amides is 3. The van der Waals surface area contributed by atoms with Gasteiger partial charge in [-0.1, -0.05) is 0 Å². The fourth-order valence-electron chi connectivity index (χ4n) is 3.90. The molecule has 2 fully saturated rings. The molecule has 3 amide bonds. The van der Waals surface area contributed by atoms with Gasteiger partial charge in [0.1, 0.15) is 5.54 Å². The summed E-state index contributed by atoms with van der Waals surface area (Å²) in [6.45, 7) is 8.07. The molecule has 0 saturated carbocycles. The second-order valence-corrected chi connectivity index (χ2v) is 9.57. The minimum atomic E-state index is -3.97. The second-order valence-electron chi connectivity index (χ2n) is 7.50. The average molecular weight is 347 g/mol. The first-order valence-corrected chi connectivity index (χ1v) is 8.97. The molecule has 2 heterocycles. The van der Waals surface area contributed by atoms with Gasteiger partial charge in [-0.2, -0.15) is 4.67 Å². The normalized spacial score (nSPS) is 26.7. The minimum Gasteiger partial charge on any atom is -0.323 e. The van der Waals surface area contributed by atoms with Crippen molar-refractivity contribution < 1.29 is 23.2 Å². The van der Waals surface area contributed by atoms with Crippen molar-refractivity contribution in [3.05, 3.63) is 0 Å². The Bertz CT molecular complexity index is 563. The van der Waals surface area contributed by atoms with Crippen molar-refractivity contribution in [1.29, 1.82) is 0 Å². The zero-order chi connectivity index (χ0) is 17.8. The maximum atomic E-state index is 13.0. The summed E-state index contributed by atoms with van der Waals surface area (Å²) in [5.74, 6) is -0.552. The SMILES string of the molecule is COP(=O)(OC)N1C(=O)NC2(CC(C)(C)N(C)C(C)(C)C2)C1=O. The van der Waals surface area contributed by atoms with Gasteiger partial charge in [0, 0.05) is 25.3 Å². The van der Waals surface area contributed by atoms with Gasteiger partial charge in [0.2, 0.25) is 0 Å². The Kier molecular flexibility index (Phi) is 4.22. The van der Waals surface area contributed by atoms with E-state index in [1.54, 1.807) is 0 Å². The molecule has 1 spiro atoms. The topological polar surface area (TPSA) is 88.2 Å². The maximum absolute atomic E-state index is 13.0. The summed E-state index contributed by atoms with van der Waals surface area (Å²) in [5.41, 5.74) is -1.76. The smallest absolute Gasteiger partial charge is 0.323 e. The number of hydrogen-bond donors (Lipinski definition) is 1. The Morgan fingerprint density at radius 2 is 1.48 bits per heavy atom. The summed E-state index contributed by atoms with van der Waals surface area (Å²) < 4.78 is 22.9. The molecule has 23 heavy (non-hydrogen) atoms. The largest absolute Gasteiger partial charge is 0.445 e. The van der Waals surface area contributed by atoms with E-state index in [1.165, 1.54) is 0 Å². The number of carbonyl (C=O) groups is 2. The Morgan fingerprint density at radius 1 is 1.04 bits per heavy atom. The van der Waals surface area contributed by atoms with Crippen LogP contribution < -0.4 is 5.32 Å². The van der Waals surface area contributed by atoms with Crippen LogP contribution in [0, 0.1) is 0 Å². The first kappa shape index (κ1) is 18.4. The summed E-state index contributed by atoms with van der Waals surface area (Å²) in [6.07, 6.45) is 0.822. The van der Waals surface area contributed by atoms with E-state index in [-0.39, 0.29) is 11.1 Å². The third-order valence-corrected chi connectivity index (χ3v) is 6.91. The van der Waals surface area contributed by atoms with Crippen molar-refractivity contribution >= 4 is 19.7 Å². The van der Waals surface area contributed by atoms with Crippen LogP contribution in [0.15, 0.2) is 0 Å². The molecular weight excluding hydrogens is 321 g/mol. The molecule has 2 saturated heterocycles. The van der Waals surface area contributed by atoms with E-state index in [1.807, 2.05) is 34.7 Å². The van der Waals surface area contributed by atoms with Crippen LogP contribution in [0.25, 0.3) is 0 Å². The molecule has 132 valence electrons. The van der Waals surface area contributed by atoms with Crippen LogP contribution in [0.3, 0.4) is 0 Å². The zero-order valence-electron chi connectivity index (χ0n) is 14.8. The fraction of sp³-hybridized carbons (Fsp3) is 0.857. The number of nitrogens with zero attached hydrogens (tertiary/aromatic N) is 2. The van der Waals surface area contributed by atoms with Crippen LogP contribution in [0.1, 0.15) is 40.5 Å². The maximum Gasteiger partial charge on any atom is 0.445 e. The van der Waals surface area contributed by atoms with Crippen molar-refractivity contribution in [2.45, 2.75) is 57.2 Å². The average Bonchev–Trinajstić information content (AvgIpc) is 2.65. The van der Waals surface area contributed by atoms with E-state index < -0.39 is 25.2 Å². The van der Waals surface area contributed by atoms with E-state index >= 15 is 0 Å². The molecule has 0 aromatic rings. The number of rotatable bonds is 3. The number of imide groups is 1. The Balaban J connectivity index is 2.48. The van der Waals surface area contributed by atoms with E-state index in [4.69, 9.17) is 9.05 Å². The van der Waals surface area contributed by atoms with Crippen molar-refractivity contribution in [3.8, 4) is 0 Å². The summed E-state index contributed by atoms with van der Waals surface area (Å²) in [6, 6.07) is -0.738. The molecule has 8 nitrogen and oxygen atoms in total. The molecule has 0 radical (unpaired) electrons. The highest BCUT2D eigenvalue weighted by Gasteiger charge is 2.63. The van der Waals surface area contributed by atoms with Gasteiger partial charge in [-0.25, -0.2) is 9.36 Å². The van der Waals surface area contributed by atoms with Gasteiger partial charge in [-0.05, 0) is 47.6 Å². The predicted molar refractivity (Wildman–Crippen MR) is 84.9 cm³/mol. The molecule has 0 aliphatic carbocycles. The lowest BCUT2D eigenvalue weighted by Crippen LogP contribution is -2.68. The highest BCUT2D eigenvalue weighted by molar-refractivity contribution is 7.53. The van der Waals surface area contributed by atoms with E-state index in [2.05, 4.69) is 10.2 Å². The monoisotopic (exact) mass is 347 g/mol. The Hall–Kier alpha value is -0.950. The molecule has 2 aliphatic rings. The number of hydrogen-bond acceptors (Lipinski definition) is 6. The molecule has 0 bridgehead atoms. The summed E-state index contributed by atoms with van der Waals surface area (Å²) >= 11 is 0. The Labute approximate surface area is 137 Å². The van der Waals surface area contributed by atoms with Gasteiger partial charge >= 0.3 is 13.8 Å². The lowest BCUT2D eigenvalue weighted by molar-refractivity contribution is -0.137. The van der Waals surface area contributed by atoms with Crippen LogP contribution in [-0.4, -0.2) is 59.4 Å². The first-order valence-electron chi connectivity index (χ1n) is 7.48. The molecule has 0 aromatic heterocycles. The minimum absolute atomic E-state index is 0.329. The van der Waals surface area contributed by atoms with Crippen molar-refractivity contribution in [1.82, 2.24) is 14.9 Å². The quantitative estimate of drug-likeness (QED) is 0.620. The van der Waals surface area contributed by atoms with Crippen LogP contribution in [0.5, 0.6) is 0 Å². The highest BCUT2D eigenvalue weighted by Crippen LogP contribution is 2.55. The van der Waals surface area contributed by atoms with Crippen LogP contribution in [0.2, 0.25) is 0 Å². The summed E-state index contributed by atoms with van der Waals surface area (Å²) in [5, 5.41) is 2.75. The molecular formula is C14H26N3O5P. The van der Waals surface area contributed by atoms with Gasteiger partial charge in [0.05, 0.1) is 0 Å². The van der Waals surface area contributed by atoms with E-state index in [9.17, 15) is 14.2 Å². The van der Waals surface area contributed by atoms with Gasteiger partial charge in [0.15, 0.2) is 0 Å². The number of urea groups is 1. The van der Waals surface area contributed by atoms with E-state index in [0.717, 1.165) is 14.2 Å². The third kappa shape index (κ3) is 2.61. The standard InChI is InChI=1S/C14H26N3O5P/c1-12(2)8-14(9-13(3,4)16(12)5)10(18)17(11(19)15-14)23(20,21-6)22-7/h8-9H2,1-7H3,(H,15,19). The first-order chi connectivity index (χ1) is 10.4. The number of nitrogens with one attached hydrogen (secondary N) is 1.